The van der Waals surface area contributed by atoms with Crippen LogP contribution in [0.25, 0.3) is 0 Å². The van der Waals surface area contributed by atoms with Crippen molar-refractivity contribution in [1.29, 1.82) is 0 Å². The van der Waals surface area contributed by atoms with Crippen LogP contribution in [-0.4, -0.2) is 21.4 Å². The molecule has 1 unspecified atom stereocenters. The van der Waals surface area contributed by atoms with Crippen LogP contribution in [0.4, 0.5) is 5.82 Å². The molecular weight excluding hydrogens is 234 g/mol. The van der Waals surface area contributed by atoms with Crippen molar-refractivity contribution in [3.05, 3.63) is 17.6 Å². The van der Waals surface area contributed by atoms with Crippen molar-refractivity contribution in [1.82, 2.24) is 9.97 Å². The van der Waals surface area contributed by atoms with E-state index in [0.717, 1.165) is 36.6 Å². The highest BCUT2D eigenvalue weighted by atomic mass is 35.5. The Morgan fingerprint density at radius 2 is 2.06 bits per heavy atom. The summed E-state index contributed by atoms with van der Waals surface area (Å²) in [7, 11) is 0. The van der Waals surface area contributed by atoms with Gasteiger partial charge in [0.25, 0.3) is 0 Å². The van der Waals surface area contributed by atoms with Gasteiger partial charge in [-0.2, -0.15) is 0 Å². The van der Waals surface area contributed by atoms with E-state index in [4.69, 9.17) is 11.6 Å². The molecule has 0 radical (unpaired) electrons. The normalized spacial score (nSPS) is 14.4. The second kappa shape index (κ2) is 6.20. The molecule has 1 N–H and O–H groups in total. The molecule has 1 heterocycles. The van der Waals surface area contributed by atoms with E-state index >= 15 is 0 Å². The van der Waals surface area contributed by atoms with Gasteiger partial charge in [-0.15, -0.1) is 11.6 Å². The Morgan fingerprint density at radius 1 is 1.35 bits per heavy atom. The molecule has 0 saturated carbocycles. The summed E-state index contributed by atoms with van der Waals surface area (Å²) in [5.74, 6) is 2.38. The van der Waals surface area contributed by atoms with E-state index in [9.17, 15) is 0 Å². The minimum absolute atomic E-state index is 0.00749. The number of hydrogen-bond donors (Lipinski definition) is 1. The van der Waals surface area contributed by atoms with Crippen LogP contribution in [0, 0.1) is 6.92 Å². The van der Waals surface area contributed by atoms with Crippen LogP contribution in [0.3, 0.4) is 0 Å². The molecule has 1 atom stereocenters. The third kappa shape index (κ3) is 4.15. The molecule has 96 valence electrons. The van der Waals surface area contributed by atoms with E-state index in [1.54, 1.807) is 0 Å². The van der Waals surface area contributed by atoms with Crippen molar-refractivity contribution in [2.75, 3.05) is 11.2 Å². The van der Waals surface area contributed by atoms with E-state index in [-0.39, 0.29) is 5.54 Å². The molecule has 3 nitrogen and oxygen atoms in total. The third-order valence-electron chi connectivity index (χ3n) is 3.11. The first-order valence-corrected chi connectivity index (χ1v) is 6.75. The Labute approximate surface area is 109 Å². The summed E-state index contributed by atoms with van der Waals surface area (Å²) >= 11 is 5.85. The van der Waals surface area contributed by atoms with Crippen LogP contribution in [0.1, 0.15) is 45.1 Å². The number of anilines is 1. The summed E-state index contributed by atoms with van der Waals surface area (Å²) in [5, 5.41) is 3.49. The van der Waals surface area contributed by atoms with Crippen LogP contribution < -0.4 is 5.32 Å². The number of aryl methyl sites for hydroxylation is 2. The topological polar surface area (TPSA) is 37.8 Å². The first-order valence-electron chi connectivity index (χ1n) is 6.21. The molecule has 0 saturated heterocycles. The van der Waals surface area contributed by atoms with Crippen molar-refractivity contribution in [3.63, 3.8) is 0 Å². The van der Waals surface area contributed by atoms with Crippen molar-refractivity contribution < 1.29 is 0 Å². The first kappa shape index (κ1) is 14.2. The van der Waals surface area contributed by atoms with Gasteiger partial charge in [-0.1, -0.05) is 13.8 Å². The molecule has 0 aliphatic heterocycles. The van der Waals surface area contributed by atoms with Crippen LogP contribution >= 0.6 is 11.6 Å². The fourth-order valence-corrected chi connectivity index (χ4v) is 2.14. The monoisotopic (exact) mass is 255 g/mol. The highest BCUT2D eigenvalue weighted by Crippen LogP contribution is 2.21. The SMILES string of the molecule is CCc1cc(NC(C)(CC)CCCl)nc(C)n1. The second-order valence-corrected chi connectivity index (χ2v) is 5.00. The summed E-state index contributed by atoms with van der Waals surface area (Å²) in [4.78, 5) is 8.81. The summed E-state index contributed by atoms with van der Waals surface area (Å²) < 4.78 is 0. The number of halogens is 1. The average Bonchev–Trinajstić information content (AvgIpc) is 2.28. The number of nitrogens with one attached hydrogen (secondary N) is 1. The van der Waals surface area contributed by atoms with E-state index in [1.165, 1.54) is 0 Å². The van der Waals surface area contributed by atoms with Gasteiger partial charge in [-0.25, -0.2) is 9.97 Å². The van der Waals surface area contributed by atoms with Crippen molar-refractivity contribution in [2.45, 2.75) is 52.5 Å². The Morgan fingerprint density at radius 3 is 2.59 bits per heavy atom. The third-order valence-corrected chi connectivity index (χ3v) is 3.30. The number of nitrogens with zero attached hydrogens (tertiary/aromatic N) is 2. The number of alkyl halides is 1. The zero-order valence-electron chi connectivity index (χ0n) is 11.2. The standard InChI is InChI=1S/C13H22ClN3/c1-5-11-9-12(16-10(3)15-11)17-13(4,6-2)7-8-14/h9H,5-8H2,1-4H3,(H,15,16,17). The van der Waals surface area contributed by atoms with E-state index in [1.807, 2.05) is 13.0 Å². The van der Waals surface area contributed by atoms with Crippen LogP contribution in [0.5, 0.6) is 0 Å². The lowest BCUT2D eigenvalue weighted by Gasteiger charge is -2.29. The van der Waals surface area contributed by atoms with Gasteiger partial charge in [0.15, 0.2) is 0 Å². The van der Waals surface area contributed by atoms with Gasteiger partial charge in [0.05, 0.1) is 0 Å². The summed E-state index contributed by atoms with van der Waals surface area (Å²) in [5.41, 5.74) is 1.08. The molecule has 0 aliphatic carbocycles. The highest BCUT2D eigenvalue weighted by molar-refractivity contribution is 6.17. The average molecular weight is 256 g/mol. The van der Waals surface area contributed by atoms with Gasteiger partial charge in [0, 0.05) is 23.2 Å². The van der Waals surface area contributed by atoms with Gasteiger partial charge in [0.2, 0.25) is 0 Å². The molecule has 1 aromatic rings. The van der Waals surface area contributed by atoms with E-state index < -0.39 is 0 Å². The fraction of sp³-hybridized carbons (Fsp3) is 0.692. The van der Waals surface area contributed by atoms with Gasteiger partial charge in [-0.3, -0.25) is 0 Å². The van der Waals surface area contributed by atoms with Gasteiger partial charge >= 0.3 is 0 Å². The number of hydrogen-bond acceptors (Lipinski definition) is 3. The molecule has 0 bridgehead atoms. The molecule has 17 heavy (non-hydrogen) atoms. The first-order chi connectivity index (χ1) is 8.03. The number of rotatable bonds is 6. The smallest absolute Gasteiger partial charge is 0.130 e. The zero-order valence-corrected chi connectivity index (χ0v) is 11.9. The Balaban J connectivity index is 2.89. The second-order valence-electron chi connectivity index (χ2n) is 4.62. The Hall–Kier alpha value is -0.830. The van der Waals surface area contributed by atoms with Crippen molar-refractivity contribution >= 4 is 17.4 Å². The lowest BCUT2D eigenvalue weighted by atomic mass is 9.95. The largest absolute Gasteiger partial charge is 0.365 e. The molecule has 0 amide bonds. The molecule has 0 aromatic carbocycles. The number of aromatic nitrogens is 2. The lowest BCUT2D eigenvalue weighted by Crippen LogP contribution is -2.35. The van der Waals surface area contributed by atoms with E-state index in [0.29, 0.717) is 5.88 Å². The van der Waals surface area contributed by atoms with Gasteiger partial charge in [0.1, 0.15) is 11.6 Å². The van der Waals surface area contributed by atoms with Gasteiger partial charge < -0.3 is 5.32 Å². The summed E-state index contributed by atoms with van der Waals surface area (Å²) in [6, 6.07) is 2.02. The zero-order chi connectivity index (χ0) is 12.9. The highest BCUT2D eigenvalue weighted by Gasteiger charge is 2.21. The maximum atomic E-state index is 5.85. The molecule has 1 rings (SSSR count). The summed E-state index contributed by atoms with van der Waals surface area (Å²) in [6.45, 7) is 8.37. The molecule has 1 aromatic heterocycles. The lowest BCUT2D eigenvalue weighted by molar-refractivity contribution is 0.479. The molecule has 0 aliphatic rings. The molecule has 0 spiro atoms. The Kier molecular flexibility index (Phi) is 5.19. The van der Waals surface area contributed by atoms with Crippen molar-refractivity contribution in [2.24, 2.45) is 0 Å². The molecule has 4 heteroatoms. The minimum Gasteiger partial charge on any atom is -0.365 e. The van der Waals surface area contributed by atoms with Gasteiger partial charge in [-0.05, 0) is 33.1 Å². The fourth-order valence-electron chi connectivity index (χ4n) is 1.72. The van der Waals surface area contributed by atoms with E-state index in [2.05, 4.69) is 36.1 Å². The minimum atomic E-state index is 0.00749. The maximum Gasteiger partial charge on any atom is 0.130 e. The predicted octanol–water partition coefficient (Wildman–Crippen LogP) is 3.56. The molecular formula is C13H22ClN3. The quantitative estimate of drug-likeness (QED) is 0.790. The summed E-state index contributed by atoms with van der Waals surface area (Å²) in [6.07, 6.45) is 2.87. The van der Waals surface area contributed by atoms with Crippen LogP contribution in [0.15, 0.2) is 6.07 Å². The van der Waals surface area contributed by atoms with Crippen LogP contribution in [-0.2, 0) is 6.42 Å². The predicted molar refractivity (Wildman–Crippen MR) is 73.8 cm³/mol. The maximum absolute atomic E-state index is 5.85. The molecule has 0 fully saturated rings. The van der Waals surface area contributed by atoms with Crippen molar-refractivity contribution in [3.8, 4) is 0 Å². The van der Waals surface area contributed by atoms with Crippen LogP contribution in [0.2, 0.25) is 0 Å². The Bertz CT molecular complexity index is 368.